The van der Waals surface area contributed by atoms with E-state index in [4.69, 9.17) is 30.4 Å². The SMILES string of the molecule is CC(C)(C)OC(=O)N[C@H](Cc1ccc(OCc2ccccc2)cc1)C(=O)Nc1ccc(OCCN)cc1OCCN. The van der Waals surface area contributed by atoms with E-state index in [1.165, 1.54) is 0 Å². The molecule has 0 radical (unpaired) electrons. The van der Waals surface area contributed by atoms with Crippen LogP contribution >= 0.6 is 0 Å². The fraction of sp³-hybridized carbons (Fsp3) is 0.355. The van der Waals surface area contributed by atoms with Crippen molar-refractivity contribution in [2.75, 3.05) is 31.6 Å². The Balaban J connectivity index is 1.75. The van der Waals surface area contributed by atoms with Crippen molar-refractivity contribution in [2.45, 2.75) is 45.4 Å². The quantitative estimate of drug-likeness (QED) is 0.230. The number of ether oxygens (including phenoxy) is 4. The van der Waals surface area contributed by atoms with Crippen molar-refractivity contribution in [1.29, 1.82) is 0 Å². The van der Waals surface area contributed by atoms with Crippen LogP contribution in [0.2, 0.25) is 0 Å². The monoisotopic (exact) mass is 564 g/mol. The van der Waals surface area contributed by atoms with E-state index in [-0.39, 0.29) is 19.6 Å². The molecule has 0 heterocycles. The van der Waals surface area contributed by atoms with Crippen LogP contribution in [0.5, 0.6) is 17.2 Å². The molecule has 2 amide bonds. The molecule has 3 rings (SSSR count). The number of carbonyl (C=O) groups is 2. The summed E-state index contributed by atoms with van der Waals surface area (Å²) in [6, 6.07) is 21.3. The Hall–Kier alpha value is -4.28. The Morgan fingerprint density at radius 3 is 2.12 bits per heavy atom. The average Bonchev–Trinajstić information content (AvgIpc) is 2.94. The van der Waals surface area contributed by atoms with Crippen molar-refractivity contribution in [1.82, 2.24) is 5.32 Å². The molecule has 0 aliphatic carbocycles. The minimum Gasteiger partial charge on any atom is -0.492 e. The van der Waals surface area contributed by atoms with Gasteiger partial charge in [0.2, 0.25) is 5.91 Å². The summed E-state index contributed by atoms with van der Waals surface area (Å²) in [5, 5.41) is 5.56. The molecule has 0 unspecified atom stereocenters. The second kappa shape index (κ2) is 15.5. The van der Waals surface area contributed by atoms with Gasteiger partial charge in [-0.2, -0.15) is 0 Å². The highest BCUT2D eigenvalue weighted by molar-refractivity contribution is 5.98. The maximum atomic E-state index is 13.5. The fourth-order valence-corrected chi connectivity index (χ4v) is 3.74. The molecule has 41 heavy (non-hydrogen) atoms. The number of anilines is 1. The van der Waals surface area contributed by atoms with Crippen LogP contribution in [0.3, 0.4) is 0 Å². The molecule has 0 aliphatic rings. The second-order valence-corrected chi connectivity index (χ2v) is 10.2. The summed E-state index contributed by atoms with van der Waals surface area (Å²) in [5.41, 5.74) is 12.7. The zero-order valence-electron chi connectivity index (χ0n) is 23.9. The zero-order chi connectivity index (χ0) is 29.7. The van der Waals surface area contributed by atoms with Gasteiger partial charge in [-0.25, -0.2) is 4.79 Å². The molecule has 3 aromatic carbocycles. The number of hydrogen-bond acceptors (Lipinski definition) is 8. The third-order valence-corrected chi connectivity index (χ3v) is 5.59. The van der Waals surface area contributed by atoms with E-state index in [9.17, 15) is 9.59 Å². The smallest absolute Gasteiger partial charge is 0.408 e. The van der Waals surface area contributed by atoms with Crippen molar-refractivity contribution in [2.24, 2.45) is 11.5 Å². The molecule has 0 bridgehead atoms. The molecule has 6 N–H and O–H groups in total. The van der Waals surface area contributed by atoms with Crippen LogP contribution in [-0.2, 0) is 22.6 Å². The highest BCUT2D eigenvalue weighted by atomic mass is 16.6. The van der Waals surface area contributed by atoms with Crippen molar-refractivity contribution in [3.63, 3.8) is 0 Å². The topological polar surface area (TPSA) is 147 Å². The number of alkyl carbamates (subject to hydrolysis) is 1. The summed E-state index contributed by atoms with van der Waals surface area (Å²) in [6.07, 6.45) is -0.494. The molecule has 0 saturated carbocycles. The summed E-state index contributed by atoms with van der Waals surface area (Å²) in [7, 11) is 0. The van der Waals surface area contributed by atoms with Crippen LogP contribution in [0, 0.1) is 0 Å². The largest absolute Gasteiger partial charge is 0.492 e. The molecular formula is C31H40N4O6. The third-order valence-electron chi connectivity index (χ3n) is 5.59. The molecular weight excluding hydrogens is 524 g/mol. The lowest BCUT2D eigenvalue weighted by Crippen LogP contribution is -2.47. The van der Waals surface area contributed by atoms with Gasteiger partial charge in [0.1, 0.15) is 48.7 Å². The lowest BCUT2D eigenvalue weighted by Gasteiger charge is -2.24. The maximum Gasteiger partial charge on any atom is 0.408 e. The first-order chi connectivity index (χ1) is 19.7. The van der Waals surface area contributed by atoms with E-state index in [2.05, 4.69) is 10.6 Å². The number of hydrogen-bond donors (Lipinski definition) is 4. The first-order valence-corrected chi connectivity index (χ1v) is 13.5. The molecule has 0 aliphatic heterocycles. The number of carbonyl (C=O) groups excluding carboxylic acids is 2. The van der Waals surface area contributed by atoms with Gasteiger partial charge in [-0.05, 0) is 56.2 Å². The lowest BCUT2D eigenvalue weighted by atomic mass is 10.0. The standard InChI is InChI=1S/C31H40N4O6/c1-31(2,3)41-30(37)35-27(19-22-9-11-24(12-10-22)40-21-23-7-5-4-6-8-23)29(36)34-26-14-13-25(38-17-15-32)20-28(26)39-18-16-33/h4-14,20,27H,15-19,21,32-33H2,1-3H3,(H,34,36)(H,35,37)/t27-/m1/s1. The van der Waals surface area contributed by atoms with E-state index in [1.807, 2.05) is 54.6 Å². The highest BCUT2D eigenvalue weighted by Crippen LogP contribution is 2.30. The van der Waals surface area contributed by atoms with Crippen LogP contribution in [0.4, 0.5) is 10.5 Å². The first-order valence-electron chi connectivity index (χ1n) is 13.5. The summed E-state index contributed by atoms with van der Waals surface area (Å²) in [6.45, 7) is 6.92. The number of rotatable bonds is 14. The Morgan fingerprint density at radius 1 is 0.805 bits per heavy atom. The van der Waals surface area contributed by atoms with E-state index < -0.39 is 23.6 Å². The number of nitrogens with two attached hydrogens (primary N) is 2. The maximum absolute atomic E-state index is 13.5. The summed E-state index contributed by atoms with van der Waals surface area (Å²) in [4.78, 5) is 26.1. The zero-order valence-corrected chi connectivity index (χ0v) is 23.9. The van der Waals surface area contributed by atoms with Crippen LogP contribution < -0.4 is 36.3 Å². The third kappa shape index (κ3) is 11.0. The highest BCUT2D eigenvalue weighted by Gasteiger charge is 2.26. The van der Waals surface area contributed by atoms with Crippen LogP contribution in [-0.4, -0.2) is 49.9 Å². The van der Waals surface area contributed by atoms with Gasteiger partial charge >= 0.3 is 6.09 Å². The number of nitrogens with one attached hydrogen (secondary N) is 2. The lowest BCUT2D eigenvalue weighted by molar-refractivity contribution is -0.118. The van der Waals surface area contributed by atoms with Crippen LogP contribution in [0.1, 0.15) is 31.9 Å². The Morgan fingerprint density at radius 2 is 1.46 bits per heavy atom. The van der Waals surface area contributed by atoms with Gasteiger partial charge in [-0.15, -0.1) is 0 Å². The minimum atomic E-state index is -0.948. The molecule has 0 spiro atoms. The normalized spacial score (nSPS) is 11.7. The summed E-state index contributed by atoms with van der Waals surface area (Å²) >= 11 is 0. The van der Waals surface area contributed by atoms with Gasteiger partial charge in [-0.3, -0.25) is 4.79 Å². The summed E-state index contributed by atoms with van der Waals surface area (Å²) in [5.74, 6) is 1.17. The van der Waals surface area contributed by atoms with Gasteiger partial charge in [-0.1, -0.05) is 42.5 Å². The predicted molar refractivity (Wildman–Crippen MR) is 158 cm³/mol. The summed E-state index contributed by atoms with van der Waals surface area (Å²) < 4.78 is 22.6. The average molecular weight is 565 g/mol. The Labute approximate surface area is 241 Å². The molecule has 0 aromatic heterocycles. The van der Waals surface area contributed by atoms with Crippen LogP contribution in [0.15, 0.2) is 72.8 Å². The molecule has 0 fully saturated rings. The molecule has 0 saturated heterocycles. The molecule has 10 nitrogen and oxygen atoms in total. The van der Waals surface area contributed by atoms with Crippen molar-refractivity contribution in [3.05, 3.63) is 83.9 Å². The van der Waals surface area contributed by atoms with Gasteiger partial charge in [0, 0.05) is 25.6 Å². The van der Waals surface area contributed by atoms with Gasteiger partial charge in [0.15, 0.2) is 0 Å². The number of amides is 2. The number of benzene rings is 3. The Kier molecular flexibility index (Phi) is 11.8. The first kappa shape index (κ1) is 31.3. The van der Waals surface area contributed by atoms with Crippen LogP contribution in [0.25, 0.3) is 0 Å². The van der Waals surface area contributed by atoms with Gasteiger partial charge in [0.25, 0.3) is 0 Å². The van der Waals surface area contributed by atoms with Gasteiger partial charge in [0.05, 0.1) is 5.69 Å². The van der Waals surface area contributed by atoms with E-state index in [1.54, 1.807) is 39.0 Å². The predicted octanol–water partition coefficient (Wildman–Crippen LogP) is 4.02. The van der Waals surface area contributed by atoms with Crippen molar-refractivity contribution < 1.29 is 28.5 Å². The molecule has 1 atom stereocenters. The van der Waals surface area contributed by atoms with E-state index in [0.29, 0.717) is 42.7 Å². The van der Waals surface area contributed by atoms with Crippen molar-refractivity contribution >= 4 is 17.7 Å². The van der Waals surface area contributed by atoms with Crippen molar-refractivity contribution in [3.8, 4) is 17.2 Å². The second-order valence-electron chi connectivity index (χ2n) is 10.2. The van der Waals surface area contributed by atoms with E-state index >= 15 is 0 Å². The minimum absolute atomic E-state index is 0.209. The molecule has 3 aromatic rings. The Bertz CT molecular complexity index is 1250. The van der Waals surface area contributed by atoms with Gasteiger partial charge < -0.3 is 41.0 Å². The molecule has 220 valence electrons. The molecule has 10 heteroatoms. The van der Waals surface area contributed by atoms with E-state index in [0.717, 1.165) is 11.1 Å². The fourth-order valence-electron chi connectivity index (χ4n) is 3.74.